The molecule has 1 unspecified atom stereocenters. The van der Waals surface area contributed by atoms with Crippen LogP contribution in [0, 0.1) is 0 Å². The van der Waals surface area contributed by atoms with Crippen molar-refractivity contribution in [1.82, 2.24) is 9.97 Å². The number of aliphatic carboxylic acids is 1. The highest BCUT2D eigenvalue weighted by Crippen LogP contribution is 2.31. The molecular weight excluding hydrogens is 208 g/mol. The summed E-state index contributed by atoms with van der Waals surface area (Å²) in [5, 5.41) is 8.58. The van der Waals surface area contributed by atoms with Gasteiger partial charge < -0.3 is 14.8 Å². The van der Waals surface area contributed by atoms with Crippen molar-refractivity contribution < 1.29 is 14.6 Å². The Labute approximate surface area is 93.8 Å². The van der Waals surface area contributed by atoms with Crippen LogP contribution in [0.5, 0.6) is 0 Å². The Hall–Kier alpha value is -1.36. The van der Waals surface area contributed by atoms with Gasteiger partial charge in [0.15, 0.2) is 0 Å². The molecule has 2 heterocycles. The van der Waals surface area contributed by atoms with E-state index in [2.05, 4.69) is 16.9 Å². The summed E-state index contributed by atoms with van der Waals surface area (Å²) in [7, 11) is 0. The Morgan fingerprint density at radius 3 is 3.19 bits per heavy atom. The molecular formula is C11H16N2O3. The van der Waals surface area contributed by atoms with Gasteiger partial charge in [0.05, 0.1) is 13.0 Å². The number of nitrogens with one attached hydrogen (secondary N) is 1. The number of H-pyrrole nitrogens is 1. The number of aromatic nitrogens is 2. The lowest BCUT2D eigenvalue weighted by molar-refractivity contribution is -0.137. The molecule has 1 fully saturated rings. The zero-order valence-corrected chi connectivity index (χ0v) is 9.32. The van der Waals surface area contributed by atoms with E-state index in [-0.39, 0.29) is 11.8 Å². The lowest BCUT2D eigenvalue weighted by Gasteiger charge is -2.19. The first-order chi connectivity index (χ1) is 7.60. The Morgan fingerprint density at radius 2 is 2.56 bits per heavy atom. The molecule has 1 aliphatic heterocycles. The van der Waals surface area contributed by atoms with Crippen LogP contribution in [-0.2, 0) is 21.4 Å². The molecule has 5 heteroatoms. The van der Waals surface area contributed by atoms with Crippen molar-refractivity contribution in [2.75, 3.05) is 13.2 Å². The van der Waals surface area contributed by atoms with Gasteiger partial charge in [-0.3, -0.25) is 4.79 Å². The first kappa shape index (κ1) is 11.1. The van der Waals surface area contributed by atoms with Crippen LogP contribution >= 0.6 is 0 Å². The lowest BCUT2D eigenvalue weighted by atomic mass is 9.87. The summed E-state index contributed by atoms with van der Waals surface area (Å²) < 4.78 is 5.38. The summed E-state index contributed by atoms with van der Waals surface area (Å²) in [5.41, 5.74) is 1.06. The first-order valence-corrected chi connectivity index (χ1v) is 5.44. The summed E-state index contributed by atoms with van der Waals surface area (Å²) in [6.45, 7) is 3.61. The predicted octanol–water partition coefficient (Wildman–Crippen LogP) is 1.10. The van der Waals surface area contributed by atoms with Crippen LogP contribution in [0.3, 0.4) is 0 Å². The van der Waals surface area contributed by atoms with E-state index in [1.54, 1.807) is 6.20 Å². The van der Waals surface area contributed by atoms with Gasteiger partial charge in [-0.25, -0.2) is 4.98 Å². The molecule has 1 aromatic rings. The number of imidazole rings is 1. The third kappa shape index (κ3) is 2.24. The molecule has 2 N–H and O–H groups in total. The van der Waals surface area contributed by atoms with Crippen LogP contribution in [-0.4, -0.2) is 34.3 Å². The van der Waals surface area contributed by atoms with E-state index in [1.165, 1.54) is 0 Å². The van der Waals surface area contributed by atoms with Crippen molar-refractivity contribution in [2.45, 2.75) is 31.6 Å². The summed E-state index contributed by atoms with van der Waals surface area (Å²) in [6, 6.07) is 0. The minimum absolute atomic E-state index is 0.00841. The van der Waals surface area contributed by atoms with Gasteiger partial charge in [-0.2, -0.15) is 0 Å². The Balaban J connectivity index is 2.04. The monoisotopic (exact) mass is 224 g/mol. The number of ether oxygens (including phenoxy) is 1. The largest absolute Gasteiger partial charge is 0.481 e. The van der Waals surface area contributed by atoms with Gasteiger partial charge in [-0.05, 0) is 6.42 Å². The highest BCUT2D eigenvalue weighted by Gasteiger charge is 2.33. The molecule has 88 valence electrons. The number of carboxylic acids is 1. The highest BCUT2D eigenvalue weighted by atomic mass is 16.5. The minimum atomic E-state index is -0.798. The third-order valence-electron chi connectivity index (χ3n) is 3.07. The molecule has 0 radical (unpaired) electrons. The molecule has 1 aromatic heterocycles. The second-order valence-electron chi connectivity index (χ2n) is 4.50. The number of hydrogen-bond acceptors (Lipinski definition) is 3. The van der Waals surface area contributed by atoms with Crippen molar-refractivity contribution in [3.05, 3.63) is 17.7 Å². The maximum atomic E-state index is 10.4. The number of aromatic amines is 1. The molecule has 0 aromatic carbocycles. The van der Waals surface area contributed by atoms with E-state index >= 15 is 0 Å². The van der Waals surface area contributed by atoms with E-state index in [0.29, 0.717) is 13.0 Å². The average Bonchev–Trinajstić information content (AvgIpc) is 2.84. The fraction of sp³-hybridized carbons (Fsp3) is 0.636. The molecule has 0 bridgehead atoms. The zero-order chi connectivity index (χ0) is 11.6. The summed E-state index contributed by atoms with van der Waals surface area (Å²) in [5.74, 6) is -0.0566. The van der Waals surface area contributed by atoms with E-state index in [4.69, 9.17) is 9.84 Å². The maximum Gasteiger partial charge on any atom is 0.303 e. The molecule has 1 atom stereocenters. The predicted molar refractivity (Wildman–Crippen MR) is 57.3 cm³/mol. The number of carbonyl (C=O) groups is 1. The summed E-state index contributed by atoms with van der Waals surface area (Å²) >= 11 is 0. The Kier molecular flexibility index (Phi) is 2.96. The molecule has 1 aliphatic rings. The van der Waals surface area contributed by atoms with Crippen LogP contribution in [0.1, 0.15) is 31.3 Å². The van der Waals surface area contributed by atoms with Crippen molar-refractivity contribution in [3.63, 3.8) is 0 Å². The molecule has 0 saturated carbocycles. The molecule has 5 nitrogen and oxygen atoms in total. The van der Waals surface area contributed by atoms with E-state index in [9.17, 15) is 4.79 Å². The average molecular weight is 224 g/mol. The number of rotatable bonds is 4. The van der Waals surface area contributed by atoms with Gasteiger partial charge in [0.2, 0.25) is 0 Å². The smallest absolute Gasteiger partial charge is 0.303 e. The summed E-state index contributed by atoms with van der Waals surface area (Å²) in [4.78, 5) is 17.8. The van der Waals surface area contributed by atoms with Crippen molar-refractivity contribution in [3.8, 4) is 0 Å². The topological polar surface area (TPSA) is 75.2 Å². The minimum Gasteiger partial charge on any atom is -0.481 e. The van der Waals surface area contributed by atoms with Crippen LogP contribution in [0.25, 0.3) is 0 Å². The van der Waals surface area contributed by atoms with Crippen LogP contribution in [0.15, 0.2) is 6.20 Å². The van der Waals surface area contributed by atoms with E-state index in [0.717, 1.165) is 24.5 Å². The second-order valence-corrected chi connectivity index (χ2v) is 4.50. The SMILES string of the molecule is CC1(c2cnc(CCC(=O)O)[nH]2)CCOC1. The number of aryl methyl sites for hydroxylation is 1. The number of carboxylic acid groups (broad SMARTS) is 1. The van der Waals surface area contributed by atoms with Crippen LogP contribution < -0.4 is 0 Å². The second kappa shape index (κ2) is 4.25. The first-order valence-electron chi connectivity index (χ1n) is 5.44. The summed E-state index contributed by atoms with van der Waals surface area (Å²) in [6.07, 6.45) is 3.34. The van der Waals surface area contributed by atoms with Gasteiger partial charge in [0.25, 0.3) is 0 Å². The fourth-order valence-electron chi connectivity index (χ4n) is 1.90. The molecule has 0 aliphatic carbocycles. The third-order valence-corrected chi connectivity index (χ3v) is 3.07. The molecule has 2 rings (SSSR count). The van der Waals surface area contributed by atoms with Crippen LogP contribution in [0.2, 0.25) is 0 Å². The van der Waals surface area contributed by atoms with E-state index < -0.39 is 5.97 Å². The van der Waals surface area contributed by atoms with Crippen LogP contribution in [0.4, 0.5) is 0 Å². The van der Waals surface area contributed by atoms with Gasteiger partial charge in [-0.15, -0.1) is 0 Å². The normalized spacial score (nSPS) is 24.8. The number of nitrogens with zero attached hydrogens (tertiary/aromatic N) is 1. The fourth-order valence-corrected chi connectivity index (χ4v) is 1.90. The Morgan fingerprint density at radius 1 is 1.75 bits per heavy atom. The maximum absolute atomic E-state index is 10.4. The highest BCUT2D eigenvalue weighted by molar-refractivity contribution is 5.66. The molecule has 16 heavy (non-hydrogen) atoms. The Bertz CT molecular complexity index is 380. The van der Waals surface area contributed by atoms with Gasteiger partial charge >= 0.3 is 5.97 Å². The van der Waals surface area contributed by atoms with Crippen molar-refractivity contribution in [2.24, 2.45) is 0 Å². The quantitative estimate of drug-likeness (QED) is 0.803. The van der Waals surface area contributed by atoms with Gasteiger partial charge in [-0.1, -0.05) is 6.92 Å². The van der Waals surface area contributed by atoms with E-state index in [1.807, 2.05) is 0 Å². The molecule has 0 amide bonds. The molecule has 1 saturated heterocycles. The lowest BCUT2D eigenvalue weighted by Crippen LogP contribution is -2.22. The zero-order valence-electron chi connectivity index (χ0n) is 9.32. The van der Waals surface area contributed by atoms with Gasteiger partial charge in [0, 0.05) is 30.3 Å². The molecule has 0 spiro atoms. The van der Waals surface area contributed by atoms with Crippen molar-refractivity contribution in [1.29, 1.82) is 0 Å². The standard InChI is InChI=1S/C11H16N2O3/c1-11(4-5-16-7-11)8-6-12-9(13-8)2-3-10(14)15/h6H,2-5,7H2,1H3,(H,12,13)(H,14,15). The van der Waals surface area contributed by atoms with Gasteiger partial charge in [0.1, 0.15) is 5.82 Å². The number of hydrogen-bond donors (Lipinski definition) is 2. The van der Waals surface area contributed by atoms with Crippen molar-refractivity contribution >= 4 is 5.97 Å².